The molecule has 2 rings (SSSR count). The summed E-state index contributed by atoms with van der Waals surface area (Å²) in [4.78, 5) is 13.2. The lowest BCUT2D eigenvalue weighted by Crippen LogP contribution is -2.42. The molecule has 0 saturated heterocycles. The van der Waals surface area contributed by atoms with E-state index in [1.807, 2.05) is 7.05 Å². The molecule has 5 heteroatoms. The van der Waals surface area contributed by atoms with Crippen molar-refractivity contribution < 1.29 is 13.6 Å². The molecule has 0 aromatic heterocycles. The van der Waals surface area contributed by atoms with Gasteiger partial charge in [0.1, 0.15) is 11.6 Å². The SMILES string of the molecule is CC(=O)N(C)C1CCC([C@H](N)Cc2cc(F)ccc2F)CC1. The summed E-state index contributed by atoms with van der Waals surface area (Å²) in [6.07, 6.45) is 4.02. The van der Waals surface area contributed by atoms with Crippen molar-refractivity contribution in [3.63, 3.8) is 0 Å². The molecule has 0 bridgehead atoms. The molecule has 1 aromatic carbocycles. The van der Waals surface area contributed by atoms with Gasteiger partial charge in [-0.3, -0.25) is 4.79 Å². The Morgan fingerprint density at radius 3 is 2.55 bits per heavy atom. The Morgan fingerprint density at radius 2 is 1.95 bits per heavy atom. The van der Waals surface area contributed by atoms with Crippen LogP contribution in [0.4, 0.5) is 8.78 Å². The second-order valence-corrected chi connectivity index (χ2v) is 6.30. The quantitative estimate of drug-likeness (QED) is 0.929. The first-order valence-electron chi connectivity index (χ1n) is 7.81. The summed E-state index contributed by atoms with van der Waals surface area (Å²) < 4.78 is 26.9. The summed E-state index contributed by atoms with van der Waals surface area (Å²) in [7, 11) is 1.83. The zero-order chi connectivity index (χ0) is 16.3. The van der Waals surface area contributed by atoms with E-state index in [0.717, 1.165) is 37.8 Å². The Morgan fingerprint density at radius 1 is 1.32 bits per heavy atom. The molecule has 1 fully saturated rings. The lowest BCUT2D eigenvalue weighted by molar-refractivity contribution is -0.130. The molecule has 1 atom stereocenters. The third-order valence-electron chi connectivity index (χ3n) is 4.85. The fraction of sp³-hybridized carbons (Fsp3) is 0.588. The Bertz CT molecular complexity index is 527. The number of amides is 1. The van der Waals surface area contributed by atoms with Gasteiger partial charge in [-0.1, -0.05) is 0 Å². The predicted molar refractivity (Wildman–Crippen MR) is 82.2 cm³/mol. The van der Waals surface area contributed by atoms with E-state index >= 15 is 0 Å². The topological polar surface area (TPSA) is 46.3 Å². The second kappa shape index (κ2) is 7.18. The first-order valence-corrected chi connectivity index (χ1v) is 7.81. The summed E-state index contributed by atoms with van der Waals surface area (Å²) in [5, 5.41) is 0. The van der Waals surface area contributed by atoms with E-state index in [-0.39, 0.29) is 18.0 Å². The fourth-order valence-corrected chi connectivity index (χ4v) is 3.29. The zero-order valence-electron chi connectivity index (χ0n) is 13.2. The highest BCUT2D eigenvalue weighted by molar-refractivity contribution is 5.73. The molecule has 0 spiro atoms. The molecule has 0 aliphatic heterocycles. The Kier molecular flexibility index (Phi) is 5.51. The minimum atomic E-state index is -0.435. The number of carbonyl (C=O) groups excluding carboxylic acids is 1. The monoisotopic (exact) mass is 310 g/mol. The Balaban J connectivity index is 1.91. The number of carbonyl (C=O) groups is 1. The number of rotatable bonds is 4. The molecule has 1 saturated carbocycles. The zero-order valence-corrected chi connectivity index (χ0v) is 13.2. The van der Waals surface area contributed by atoms with Gasteiger partial charge in [0, 0.05) is 26.1 Å². The fourth-order valence-electron chi connectivity index (χ4n) is 3.29. The largest absolute Gasteiger partial charge is 0.343 e. The number of nitrogens with zero attached hydrogens (tertiary/aromatic N) is 1. The molecular formula is C17H24F2N2O. The van der Waals surface area contributed by atoms with Crippen molar-refractivity contribution >= 4 is 5.91 Å². The van der Waals surface area contributed by atoms with Crippen LogP contribution >= 0.6 is 0 Å². The summed E-state index contributed by atoms with van der Waals surface area (Å²) in [5.41, 5.74) is 6.55. The van der Waals surface area contributed by atoms with Crippen molar-refractivity contribution in [3.8, 4) is 0 Å². The van der Waals surface area contributed by atoms with E-state index in [1.54, 1.807) is 11.8 Å². The van der Waals surface area contributed by atoms with Crippen LogP contribution in [-0.4, -0.2) is 29.9 Å². The molecule has 2 N–H and O–H groups in total. The summed E-state index contributed by atoms with van der Waals surface area (Å²) in [6, 6.07) is 3.58. The van der Waals surface area contributed by atoms with Crippen LogP contribution in [0.1, 0.15) is 38.2 Å². The minimum Gasteiger partial charge on any atom is -0.343 e. The van der Waals surface area contributed by atoms with Crippen LogP contribution in [0.2, 0.25) is 0 Å². The van der Waals surface area contributed by atoms with Gasteiger partial charge in [-0.25, -0.2) is 8.78 Å². The highest BCUT2D eigenvalue weighted by Crippen LogP contribution is 2.30. The van der Waals surface area contributed by atoms with E-state index < -0.39 is 11.6 Å². The van der Waals surface area contributed by atoms with Crippen LogP contribution < -0.4 is 5.73 Å². The normalized spacial score (nSPS) is 23.1. The van der Waals surface area contributed by atoms with Gasteiger partial charge < -0.3 is 10.6 Å². The van der Waals surface area contributed by atoms with E-state index in [2.05, 4.69) is 0 Å². The van der Waals surface area contributed by atoms with Gasteiger partial charge in [-0.15, -0.1) is 0 Å². The number of benzene rings is 1. The number of hydrogen-bond acceptors (Lipinski definition) is 2. The summed E-state index contributed by atoms with van der Waals surface area (Å²) in [5.74, 6) is -0.467. The van der Waals surface area contributed by atoms with Crippen LogP contribution in [0.3, 0.4) is 0 Å². The number of hydrogen-bond donors (Lipinski definition) is 1. The molecule has 1 aliphatic rings. The van der Waals surface area contributed by atoms with Gasteiger partial charge in [0.15, 0.2) is 0 Å². The molecule has 0 unspecified atom stereocenters. The second-order valence-electron chi connectivity index (χ2n) is 6.30. The van der Waals surface area contributed by atoms with E-state index in [4.69, 9.17) is 5.73 Å². The van der Waals surface area contributed by atoms with E-state index in [1.165, 1.54) is 6.07 Å². The summed E-state index contributed by atoms with van der Waals surface area (Å²) >= 11 is 0. The summed E-state index contributed by atoms with van der Waals surface area (Å²) in [6.45, 7) is 1.57. The molecule has 1 aromatic rings. The smallest absolute Gasteiger partial charge is 0.219 e. The van der Waals surface area contributed by atoms with Crippen LogP contribution in [0.25, 0.3) is 0 Å². The Hall–Kier alpha value is -1.49. The minimum absolute atomic E-state index is 0.0783. The average molecular weight is 310 g/mol. The van der Waals surface area contributed by atoms with Crippen molar-refractivity contribution in [3.05, 3.63) is 35.4 Å². The molecular weight excluding hydrogens is 286 g/mol. The van der Waals surface area contributed by atoms with Crippen molar-refractivity contribution in [1.82, 2.24) is 4.90 Å². The van der Waals surface area contributed by atoms with Gasteiger partial charge >= 0.3 is 0 Å². The third kappa shape index (κ3) is 4.03. The third-order valence-corrected chi connectivity index (χ3v) is 4.85. The standard InChI is InChI=1S/C17H24F2N2O/c1-11(22)21(2)15-6-3-12(4-7-15)17(20)10-13-9-14(18)5-8-16(13)19/h5,8-9,12,15,17H,3-4,6-7,10,20H2,1-2H3/t12?,15?,17-/m1/s1. The Labute approximate surface area is 130 Å². The molecule has 3 nitrogen and oxygen atoms in total. The highest BCUT2D eigenvalue weighted by atomic mass is 19.1. The van der Waals surface area contributed by atoms with Crippen molar-refractivity contribution in [2.75, 3.05) is 7.05 Å². The molecule has 1 aliphatic carbocycles. The van der Waals surface area contributed by atoms with Crippen LogP contribution in [0.15, 0.2) is 18.2 Å². The highest BCUT2D eigenvalue weighted by Gasteiger charge is 2.28. The molecule has 0 heterocycles. The average Bonchev–Trinajstić information content (AvgIpc) is 2.50. The van der Waals surface area contributed by atoms with Crippen LogP contribution in [0, 0.1) is 17.6 Å². The van der Waals surface area contributed by atoms with Gasteiger partial charge in [0.05, 0.1) is 0 Å². The van der Waals surface area contributed by atoms with Crippen molar-refractivity contribution in [1.29, 1.82) is 0 Å². The number of halogens is 2. The first-order chi connectivity index (χ1) is 10.4. The molecule has 122 valence electrons. The van der Waals surface area contributed by atoms with E-state index in [9.17, 15) is 13.6 Å². The van der Waals surface area contributed by atoms with Gasteiger partial charge in [-0.05, 0) is 61.8 Å². The maximum Gasteiger partial charge on any atom is 0.219 e. The lowest BCUT2D eigenvalue weighted by atomic mass is 9.79. The predicted octanol–water partition coefficient (Wildman–Crippen LogP) is 2.87. The maximum absolute atomic E-state index is 13.7. The number of nitrogens with two attached hydrogens (primary N) is 1. The van der Waals surface area contributed by atoms with Crippen molar-refractivity contribution in [2.24, 2.45) is 11.7 Å². The molecule has 22 heavy (non-hydrogen) atoms. The van der Waals surface area contributed by atoms with Crippen molar-refractivity contribution in [2.45, 2.75) is 51.1 Å². The van der Waals surface area contributed by atoms with Gasteiger partial charge in [0.25, 0.3) is 0 Å². The van der Waals surface area contributed by atoms with Gasteiger partial charge in [0.2, 0.25) is 5.91 Å². The lowest BCUT2D eigenvalue weighted by Gasteiger charge is -2.36. The molecule has 0 radical (unpaired) electrons. The maximum atomic E-state index is 13.7. The van der Waals surface area contributed by atoms with Gasteiger partial charge in [-0.2, -0.15) is 0 Å². The van der Waals surface area contributed by atoms with Crippen LogP contribution in [-0.2, 0) is 11.2 Å². The molecule has 1 amide bonds. The van der Waals surface area contributed by atoms with E-state index in [0.29, 0.717) is 17.9 Å². The van der Waals surface area contributed by atoms with Crippen LogP contribution in [0.5, 0.6) is 0 Å². The first kappa shape index (κ1) is 16.9.